The van der Waals surface area contributed by atoms with Crippen molar-refractivity contribution in [1.82, 2.24) is 20.1 Å². The fourth-order valence-electron chi connectivity index (χ4n) is 3.51. The Morgan fingerprint density at radius 3 is 2.34 bits per heavy atom. The van der Waals surface area contributed by atoms with Gasteiger partial charge in [-0.1, -0.05) is 36.4 Å². The first kappa shape index (κ1) is 21.0. The Hall–Kier alpha value is -2.77. The zero-order chi connectivity index (χ0) is 20.5. The van der Waals surface area contributed by atoms with Gasteiger partial charge in [-0.2, -0.15) is 0 Å². The summed E-state index contributed by atoms with van der Waals surface area (Å²) < 4.78 is 0. The number of aromatic nitrogens is 1. The molecule has 1 aliphatic heterocycles. The highest BCUT2D eigenvalue weighted by Crippen LogP contribution is 2.12. The molecule has 154 valence electrons. The van der Waals surface area contributed by atoms with E-state index in [1.54, 1.807) is 6.20 Å². The maximum Gasteiger partial charge on any atom is 0.308 e. The molecular formula is C22H28N4O3. The molecule has 1 fully saturated rings. The molecule has 3 rings (SSSR count). The Balaban J connectivity index is 1.42. The van der Waals surface area contributed by atoms with E-state index in [2.05, 4.69) is 26.2 Å². The summed E-state index contributed by atoms with van der Waals surface area (Å²) in [6.07, 6.45) is 3.64. The molecule has 0 saturated carbocycles. The first-order chi connectivity index (χ1) is 14.1. The van der Waals surface area contributed by atoms with E-state index in [9.17, 15) is 14.7 Å². The molecule has 0 aliphatic carbocycles. The molecular weight excluding hydrogens is 368 g/mol. The minimum Gasteiger partial charge on any atom is -0.481 e. The average Bonchev–Trinajstić information content (AvgIpc) is 2.74. The summed E-state index contributed by atoms with van der Waals surface area (Å²) in [7, 11) is 0. The third-order valence-electron chi connectivity index (χ3n) is 5.19. The zero-order valence-corrected chi connectivity index (χ0v) is 16.5. The summed E-state index contributed by atoms with van der Waals surface area (Å²) in [4.78, 5) is 32.5. The van der Waals surface area contributed by atoms with Crippen molar-refractivity contribution in [2.45, 2.75) is 19.5 Å². The van der Waals surface area contributed by atoms with Crippen molar-refractivity contribution in [3.8, 4) is 0 Å². The van der Waals surface area contributed by atoms with Crippen molar-refractivity contribution in [2.75, 3.05) is 32.7 Å². The van der Waals surface area contributed by atoms with E-state index in [0.717, 1.165) is 38.3 Å². The quantitative estimate of drug-likeness (QED) is 0.670. The van der Waals surface area contributed by atoms with E-state index < -0.39 is 11.9 Å². The molecule has 1 unspecified atom stereocenters. The van der Waals surface area contributed by atoms with Gasteiger partial charge in [0.2, 0.25) is 5.91 Å². The number of carboxylic acid groups (broad SMARTS) is 1. The highest BCUT2D eigenvalue weighted by Gasteiger charge is 2.26. The number of carboxylic acids is 1. The molecule has 1 aromatic heterocycles. The predicted molar refractivity (Wildman–Crippen MR) is 110 cm³/mol. The molecule has 29 heavy (non-hydrogen) atoms. The number of carbonyl (C=O) groups excluding carboxylic acids is 1. The second kappa shape index (κ2) is 10.7. The van der Waals surface area contributed by atoms with Gasteiger partial charge in [-0.15, -0.1) is 0 Å². The number of hydrogen-bond acceptors (Lipinski definition) is 5. The summed E-state index contributed by atoms with van der Waals surface area (Å²) in [5.41, 5.74) is 2.18. The molecule has 0 bridgehead atoms. The van der Waals surface area contributed by atoms with E-state index in [1.165, 1.54) is 5.56 Å². The van der Waals surface area contributed by atoms with Crippen molar-refractivity contribution in [3.05, 3.63) is 66.0 Å². The van der Waals surface area contributed by atoms with Crippen LogP contribution in [0.3, 0.4) is 0 Å². The topological polar surface area (TPSA) is 85.8 Å². The van der Waals surface area contributed by atoms with Gasteiger partial charge in [0.15, 0.2) is 0 Å². The van der Waals surface area contributed by atoms with Crippen LogP contribution >= 0.6 is 0 Å². The predicted octanol–water partition coefficient (Wildman–Crippen LogP) is 1.61. The van der Waals surface area contributed by atoms with Gasteiger partial charge in [-0.3, -0.25) is 24.4 Å². The summed E-state index contributed by atoms with van der Waals surface area (Å²) >= 11 is 0. The van der Waals surface area contributed by atoms with Crippen LogP contribution in [0.4, 0.5) is 0 Å². The lowest BCUT2D eigenvalue weighted by Gasteiger charge is -2.35. The lowest BCUT2D eigenvalue weighted by Crippen LogP contribution is -2.48. The van der Waals surface area contributed by atoms with Gasteiger partial charge >= 0.3 is 5.97 Å². The van der Waals surface area contributed by atoms with Crippen LogP contribution in [0.25, 0.3) is 0 Å². The minimum atomic E-state index is -0.919. The lowest BCUT2D eigenvalue weighted by atomic mass is 10.0. The second-order valence-electron chi connectivity index (χ2n) is 7.44. The SMILES string of the molecule is O=C(CC(CN1CCN(Cc2cccnc2)CC1)C(=O)O)NCc1ccccc1. The van der Waals surface area contributed by atoms with Crippen molar-refractivity contribution >= 4 is 11.9 Å². The van der Waals surface area contributed by atoms with Crippen molar-refractivity contribution in [1.29, 1.82) is 0 Å². The number of piperazine rings is 1. The summed E-state index contributed by atoms with van der Waals surface area (Å²) in [6, 6.07) is 13.6. The normalized spacial score (nSPS) is 16.3. The molecule has 1 amide bonds. The van der Waals surface area contributed by atoms with Gasteiger partial charge < -0.3 is 10.4 Å². The van der Waals surface area contributed by atoms with Crippen LogP contribution in [0.1, 0.15) is 17.5 Å². The fourth-order valence-corrected chi connectivity index (χ4v) is 3.51. The second-order valence-corrected chi connectivity index (χ2v) is 7.44. The largest absolute Gasteiger partial charge is 0.481 e. The monoisotopic (exact) mass is 396 g/mol. The van der Waals surface area contributed by atoms with Crippen LogP contribution in [0.15, 0.2) is 54.9 Å². The Bertz CT molecular complexity index is 777. The number of benzene rings is 1. The number of hydrogen-bond donors (Lipinski definition) is 2. The van der Waals surface area contributed by atoms with Gasteiger partial charge in [-0.05, 0) is 17.2 Å². The molecule has 7 heteroatoms. The Morgan fingerprint density at radius 2 is 1.69 bits per heavy atom. The molecule has 7 nitrogen and oxygen atoms in total. The number of carbonyl (C=O) groups is 2. The maximum atomic E-state index is 12.2. The van der Waals surface area contributed by atoms with Crippen LogP contribution in [-0.2, 0) is 22.7 Å². The van der Waals surface area contributed by atoms with E-state index in [1.807, 2.05) is 42.6 Å². The van der Waals surface area contributed by atoms with Crippen molar-refractivity contribution in [2.24, 2.45) is 5.92 Å². The fraction of sp³-hybridized carbons (Fsp3) is 0.409. The smallest absolute Gasteiger partial charge is 0.308 e. The molecule has 1 aliphatic rings. The van der Waals surface area contributed by atoms with Gasteiger partial charge in [0.25, 0.3) is 0 Å². The molecule has 1 atom stereocenters. The van der Waals surface area contributed by atoms with Gasteiger partial charge in [0.05, 0.1) is 5.92 Å². The highest BCUT2D eigenvalue weighted by molar-refractivity contribution is 5.82. The summed E-state index contributed by atoms with van der Waals surface area (Å²) in [5, 5.41) is 12.4. The standard InChI is InChI=1S/C22H28N4O3/c27-21(24-15-18-5-2-1-3-6-18)13-20(22(28)29)17-26-11-9-25(10-12-26)16-19-7-4-8-23-14-19/h1-8,14,20H,9-13,15-17H2,(H,24,27)(H,28,29). The van der Waals surface area contributed by atoms with E-state index in [4.69, 9.17) is 0 Å². The van der Waals surface area contributed by atoms with Crippen LogP contribution in [0, 0.1) is 5.92 Å². The van der Waals surface area contributed by atoms with Gasteiger partial charge in [0.1, 0.15) is 0 Å². The van der Waals surface area contributed by atoms with E-state index in [0.29, 0.717) is 13.1 Å². The molecule has 0 radical (unpaired) electrons. The first-order valence-electron chi connectivity index (χ1n) is 9.97. The van der Waals surface area contributed by atoms with Crippen molar-refractivity contribution < 1.29 is 14.7 Å². The van der Waals surface area contributed by atoms with Crippen molar-refractivity contribution in [3.63, 3.8) is 0 Å². The number of nitrogens with one attached hydrogen (secondary N) is 1. The number of pyridine rings is 1. The molecule has 0 spiro atoms. The zero-order valence-electron chi connectivity index (χ0n) is 16.5. The van der Waals surface area contributed by atoms with E-state index in [-0.39, 0.29) is 12.3 Å². The highest BCUT2D eigenvalue weighted by atomic mass is 16.4. The average molecular weight is 396 g/mol. The number of nitrogens with zero attached hydrogens (tertiary/aromatic N) is 3. The minimum absolute atomic E-state index is 0.00192. The molecule has 2 heterocycles. The van der Waals surface area contributed by atoms with Gasteiger partial charge in [0, 0.05) is 64.6 Å². The van der Waals surface area contributed by atoms with Gasteiger partial charge in [-0.25, -0.2) is 0 Å². The number of aliphatic carboxylic acids is 1. The third kappa shape index (κ3) is 6.96. The molecule has 1 saturated heterocycles. The summed E-state index contributed by atoms with van der Waals surface area (Å²) in [5.74, 6) is -1.84. The van der Waals surface area contributed by atoms with Crippen LogP contribution in [0.2, 0.25) is 0 Å². The first-order valence-corrected chi connectivity index (χ1v) is 9.97. The third-order valence-corrected chi connectivity index (χ3v) is 5.19. The van der Waals surface area contributed by atoms with Crippen LogP contribution < -0.4 is 5.32 Å². The molecule has 2 aromatic rings. The maximum absolute atomic E-state index is 12.2. The Morgan fingerprint density at radius 1 is 1.00 bits per heavy atom. The lowest BCUT2D eigenvalue weighted by molar-refractivity contribution is -0.145. The molecule has 1 aromatic carbocycles. The summed E-state index contributed by atoms with van der Waals surface area (Å²) in [6.45, 7) is 5.02. The molecule has 2 N–H and O–H groups in total. The van der Waals surface area contributed by atoms with Crippen LogP contribution in [-0.4, -0.2) is 64.5 Å². The number of amides is 1. The Kier molecular flexibility index (Phi) is 7.72. The Labute approximate surface area is 171 Å². The number of rotatable bonds is 9. The van der Waals surface area contributed by atoms with Crippen LogP contribution in [0.5, 0.6) is 0 Å². The van der Waals surface area contributed by atoms with E-state index >= 15 is 0 Å².